The Labute approximate surface area is 125 Å². The molecule has 0 N–H and O–H groups in total. The van der Waals surface area contributed by atoms with Crippen LogP contribution >= 0.6 is 0 Å². The van der Waals surface area contributed by atoms with E-state index in [2.05, 4.69) is 12.1 Å². The fourth-order valence-electron chi connectivity index (χ4n) is 1.99. The number of rotatable bonds is 8. The van der Waals surface area contributed by atoms with Crippen molar-refractivity contribution in [2.24, 2.45) is 0 Å². The first-order chi connectivity index (χ1) is 10.3. The largest absolute Gasteiger partial charge is 0.494 e. The molecule has 0 unspecified atom stereocenters. The molecule has 0 radical (unpaired) electrons. The molecule has 2 aromatic rings. The Morgan fingerprint density at radius 1 is 1.00 bits per heavy atom. The van der Waals surface area contributed by atoms with Crippen molar-refractivity contribution in [2.45, 2.75) is 13.3 Å². The summed E-state index contributed by atoms with van der Waals surface area (Å²) >= 11 is 0. The molecular formula is C18H20O3. The third kappa shape index (κ3) is 5.04. The maximum Gasteiger partial charge on any atom is 0.188 e. The molecule has 2 rings (SSSR count). The Hall–Kier alpha value is -2.13. The molecule has 0 saturated heterocycles. The molecule has 0 aliphatic rings. The van der Waals surface area contributed by atoms with E-state index in [1.54, 1.807) is 24.3 Å². The summed E-state index contributed by atoms with van der Waals surface area (Å²) in [5, 5.41) is 0. The second-order valence-electron chi connectivity index (χ2n) is 4.67. The van der Waals surface area contributed by atoms with Gasteiger partial charge in [0, 0.05) is 5.56 Å². The third-order valence-corrected chi connectivity index (χ3v) is 3.10. The van der Waals surface area contributed by atoms with Crippen LogP contribution in [0.5, 0.6) is 5.75 Å². The molecule has 0 aliphatic carbocycles. The van der Waals surface area contributed by atoms with E-state index in [-0.39, 0.29) is 12.4 Å². The first-order valence-corrected chi connectivity index (χ1v) is 7.17. The highest BCUT2D eigenvalue weighted by atomic mass is 16.5. The highest BCUT2D eigenvalue weighted by Crippen LogP contribution is 2.12. The smallest absolute Gasteiger partial charge is 0.188 e. The van der Waals surface area contributed by atoms with Crippen LogP contribution in [0.4, 0.5) is 0 Å². The van der Waals surface area contributed by atoms with Gasteiger partial charge in [-0.25, -0.2) is 0 Å². The van der Waals surface area contributed by atoms with Gasteiger partial charge in [0.1, 0.15) is 12.4 Å². The summed E-state index contributed by atoms with van der Waals surface area (Å²) < 4.78 is 10.8. The summed E-state index contributed by atoms with van der Waals surface area (Å²) in [6, 6.07) is 17.2. The fourth-order valence-corrected chi connectivity index (χ4v) is 1.99. The molecule has 110 valence electrons. The molecule has 2 aromatic carbocycles. The van der Waals surface area contributed by atoms with Gasteiger partial charge >= 0.3 is 0 Å². The molecule has 0 fully saturated rings. The molecule has 3 heteroatoms. The summed E-state index contributed by atoms with van der Waals surface area (Å²) in [5.41, 5.74) is 1.86. The quantitative estimate of drug-likeness (QED) is 0.549. The predicted octanol–water partition coefficient (Wildman–Crippen LogP) is 3.53. The minimum atomic E-state index is -0.00823. The van der Waals surface area contributed by atoms with Crippen LogP contribution in [0.2, 0.25) is 0 Å². The molecule has 21 heavy (non-hydrogen) atoms. The predicted molar refractivity (Wildman–Crippen MR) is 82.9 cm³/mol. The molecule has 0 spiro atoms. The second kappa shape index (κ2) is 8.22. The topological polar surface area (TPSA) is 35.5 Å². The van der Waals surface area contributed by atoms with Crippen molar-refractivity contribution in [2.75, 3.05) is 19.8 Å². The van der Waals surface area contributed by atoms with Crippen LogP contribution in [0.1, 0.15) is 22.8 Å². The van der Waals surface area contributed by atoms with E-state index in [0.717, 1.165) is 12.2 Å². The van der Waals surface area contributed by atoms with E-state index in [9.17, 15) is 4.79 Å². The third-order valence-electron chi connectivity index (χ3n) is 3.10. The molecule has 0 saturated carbocycles. The van der Waals surface area contributed by atoms with Crippen LogP contribution < -0.4 is 4.74 Å². The van der Waals surface area contributed by atoms with Crippen LogP contribution in [-0.2, 0) is 11.2 Å². The number of benzene rings is 2. The SMILES string of the molecule is CCOc1ccc(C(=O)COCCc2ccccc2)cc1. The number of Topliss-reactive ketones (excluding diaryl/α,β-unsaturated/α-hetero) is 1. The molecule has 0 bridgehead atoms. The second-order valence-corrected chi connectivity index (χ2v) is 4.67. The molecule has 3 nitrogen and oxygen atoms in total. The van der Waals surface area contributed by atoms with Crippen molar-refractivity contribution in [3.63, 3.8) is 0 Å². The van der Waals surface area contributed by atoms with E-state index in [1.807, 2.05) is 25.1 Å². The summed E-state index contributed by atoms with van der Waals surface area (Å²) in [7, 11) is 0. The number of hydrogen-bond donors (Lipinski definition) is 0. The van der Waals surface area contributed by atoms with E-state index in [1.165, 1.54) is 5.56 Å². The van der Waals surface area contributed by atoms with Crippen molar-refractivity contribution in [3.05, 3.63) is 65.7 Å². The van der Waals surface area contributed by atoms with E-state index in [0.29, 0.717) is 18.8 Å². The number of carbonyl (C=O) groups is 1. The highest BCUT2D eigenvalue weighted by Gasteiger charge is 2.06. The van der Waals surface area contributed by atoms with Crippen LogP contribution in [-0.4, -0.2) is 25.6 Å². The fraction of sp³-hybridized carbons (Fsp3) is 0.278. The lowest BCUT2D eigenvalue weighted by atomic mass is 10.1. The van der Waals surface area contributed by atoms with E-state index in [4.69, 9.17) is 9.47 Å². The Kier molecular flexibility index (Phi) is 5.98. The molecule has 0 atom stereocenters. The zero-order valence-electron chi connectivity index (χ0n) is 12.2. The van der Waals surface area contributed by atoms with Crippen molar-refractivity contribution in [3.8, 4) is 5.75 Å². The Morgan fingerprint density at radius 3 is 2.38 bits per heavy atom. The summed E-state index contributed by atoms with van der Waals surface area (Å²) in [6.07, 6.45) is 0.817. The van der Waals surface area contributed by atoms with Crippen molar-refractivity contribution >= 4 is 5.78 Å². The molecule has 0 aliphatic heterocycles. The van der Waals surface area contributed by atoms with Gasteiger partial charge in [-0.3, -0.25) is 4.79 Å². The Bertz CT molecular complexity index is 546. The summed E-state index contributed by atoms with van der Waals surface area (Å²) in [5.74, 6) is 0.769. The van der Waals surface area contributed by atoms with Gasteiger partial charge in [0.2, 0.25) is 0 Å². The van der Waals surface area contributed by atoms with Gasteiger partial charge in [-0.1, -0.05) is 30.3 Å². The summed E-state index contributed by atoms with van der Waals surface area (Å²) in [4.78, 5) is 12.0. The summed E-state index contributed by atoms with van der Waals surface area (Å²) in [6.45, 7) is 3.21. The zero-order valence-corrected chi connectivity index (χ0v) is 12.2. The molecule has 0 aromatic heterocycles. The molecular weight excluding hydrogens is 264 g/mol. The Morgan fingerprint density at radius 2 is 1.71 bits per heavy atom. The lowest BCUT2D eigenvalue weighted by Gasteiger charge is -2.06. The van der Waals surface area contributed by atoms with Crippen LogP contribution in [0.3, 0.4) is 0 Å². The van der Waals surface area contributed by atoms with Crippen LogP contribution in [0.15, 0.2) is 54.6 Å². The first-order valence-electron chi connectivity index (χ1n) is 7.17. The van der Waals surface area contributed by atoms with Crippen LogP contribution in [0.25, 0.3) is 0 Å². The minimum Gasteiger partial charge on any atom is -0.494 e. The first kappa shape index (κ1) is 15.3. The number of hydrogen-bond acceptors (Lipinski definition) is 3. The molecule has 0 heterocycles. The molecule has 0 amide bonds. The number of carbonyl (C=O) groups excluding carboxylic acids is 1. The van der Waals surface area contributed by atoms with Crippen molar-refractivity contribution < 1.29 is 14.3 Å². The lowest BCUT2D eigenvalue weighted by molar-refractivity contribution is 0.0765. The zero-order chi connectivity index (χ0) is 14.9. The Balaban J connectivity index is 1.74. The van der Waals surface area contributed by atoms with Gasteiger partial charge in [0.25, 0.3) is 0 Å². The average molecular weight is 284 g/mol. The van der Waals surface area contributed by atoms with Gasteiger partial charge in [0.05, 0.1) is 13.2 Å². The lowest BCUT2D eigenvalue weighted by Crippen LogP contribution is -2.10. The van der Waals surface area contributed by atoms with Gasteiger partial charge in [-0.2, -0.15) is 0 Å². The average Bonchev–Trinajstić information content (AvgIpc) is 2.53. The van der Waals surface area contributed by atoms with Gasteiger partial charge in [-0.15, -0.1) is 0 Å². The maximum absolute atomic E-state index is 12.0. The maximum atomic E-state index is 12.0. The van der Waals surface area contributed by atoms with Gasteiger partial charge in [-0.05, 0) is 43.2 Å². The number of ether oxygens (including phenoxy) is 2. The van der Waals surface area contributed by atoms with Crippen molar-refractivity contribution in [1.82, 2.24) is 0 Å². The van der Waals surface area contributed by atoms with Crippen molar-refractivity contribution in [1.29, 1.82) is 0 Å². The number of ketones is 1. The van der Waals surface area contributed by atoms with Gasteiger partial charge < -0.3 is 9.47 Å². The van der Waals surface area contributed by atoms with Crippen LogP contribution in [0, 0.1) is 0 Å². The van der Waals surface area contributed by atoms with Gasteiger partial charge in [0.15, 0.2) is 5.78 Å². The standard InChI is InChI=1S/C18H20O3/c1-2-21-17-10-8-16(9-11-17)18(19)14-20-13-12-15-6-4-3-5-7-15/h3-11H,2,12-14H2,1H3. The van der Waals surface area contributed by atoms with E-state index < -0.39 is 0 Å². The normalized spacial score (nSPS) is 10.3. The van der Waals surface area contributed by atoms with E-state index >= 15 is 0 Å². The monoisotopic (exact) mass is 284 g/mol. The highest BCUT2D eigenvalue weighted by molar-refractivity contribution is 5.97. The minimum absolute atomic E-state index is 0.00823.